The fraction of sp³-hybridized carbons (Fsp3) is 1.00. The third-order valence-corrected chi connectivity index (χ3v) is 2.39. The van der Waals surface area contributed by atoms with Gasteiger partial charge in [-0.2, -0.15) is 0 Å². The lowest BCUT2D eigenvalue weighted by atomic mass is 10.2. The van der Waals surface area contributed by atoms with Gasteiger partial charge in [-0.05, 0) is 33.6 Å². The highest BCUT2D eigenvalue weighted by molar-refractivity contribution is 4.85. The molecule has 0 spiro atoms. The fourth-order valence-electron chi connectivity index (χ4n) is 1.75. The van der Waals surface area contributed by atoms with E-state index in [1.165, 1.54) is 0 Å². The normalized spacial score (nSPS) is 30.6. The minimum absolute atomic E-state index is 0.146. The lowest BCUT2D eigenvalue weighted by Gasteiger charge is -2.27. The summed E-state index contributed by atoms with van der Waals surface area (Å²) in [6, 6.07) is 0.334. The summed E-state index contributed by atoms with van der Waals surface area (Å²) in [5.74, 6) is 0. The van der Waals surface area contributed by atoms with Gasteiger partial charge in [-0.15, -0.1) is 0 Å². The molecule has 3 atom stereocenters. The Labute approximate surface area is 85.8 Å². The van der Waals surface area contributed by atoms with Crippen molar-refractivity contribution in [2.24, 2.45) is 5.73 Å². The number of hydrogen-bond donors (Lipinski definition) is 3. The fourth-order valence-corrected chi connectivity index (χ4v) is 1.75. The Morgan fingerprint density at radius 1 is 1.43 bits per heavy atom. The predicted molar refractivity (Wildman–Crippen MR) is 55.6 cm³/mol. The second kappa shape index (κ2) is 4.57. The first-order valence-corrected chi connectivity index (χ1v) is 5.26. The van der Waals surface area contributed by atoms with Crippen molar-refractivity contribution in [3.8, 4) is 0 Å². The smallest absolute Gasteiger partial charge is 0.214 e. The molecule has 4 heteroatoms. The number of nitrogens with one attached hydrogen (secondary N) is 1. The van der Waals surface area contributed by atoms with E-state index >= 15 is 0 Å². The quantitative estimate of drug-likeness (QED) is 0.585. The Hall–Kier alpha value is -0.160. The molecule has 1 rings (SSSR count). The van der Waals surface area contributed by atoms with Gasteiger partial charge in [-0.3, -0.25) is 5.32 Å². The van der Waals surface area contributed by atoms with E-state index in [-0.39, 0.29) is 17.7 Å². The molecule has 0 aromatic carbocycles. The third kappa shape index (κ3) is 3.92. The van der Waals surface area contributed by atoms with Crippen LogP contribution in [0.3, 0.4) is 0 Å². The first kappa shape index (κ1) is 11.9. The summed E-state index contributed by atoms with van der Waals surface area (Å²) in [6.45, 7) is 5.73. The Morgan fingerprint density at radius 2 is 2.07 bits per heavy atom. The van der Waals surface area contributed by atoms with E-state index in [4.69, 9.17) is 10.5 Å². The van der Waals surface area contributed by atoms with Gasteiger partial charge in [-0.1, -0.05) is 6.42 Å². The molecule has 4 nitrogen and oxygen atoms in total. The summed E-state index contributed by atoms with van der Waals surface area (Å²) in [5, 5.41) is 12.6. The molecule has 0 heterocycles. The molecule has 1 fully saturated rings. The van der Waals surface area contributed by atoms with Crippen LogP contribution >= 0.6 is 0 Å². The van der Waals surface area contributed by atoms with E-state index in [0.29, 0.717) is 0 Å². The van der Waals surface area contributed by atoms with E-state index in [2.05, 4.69) is 5.32 Å². The van der Waals surface area contributed by atoms with Crippen molar-refractivity contribution in [2.45, 2.75) is 64.1 Å². The van der Waals surface area contributed by atoms with Crippen LogP contribution in [0, 0.1) is 0 Å². The van der Waals surface area contributed by atoms with Crippen LogP contribution in [0.25, 0.3) is 0 Å². The number of aliphatic hydroxyl groups is 1. The van der Waals surface area contributed by atoms with Crippen LogP contribution in [0.1, 0.15) is 40.0 Å². The van der Waals surface area contributed by atoms with Crippen LogP contribution in [-0.2, 0) is 4.74 Å². The standard InChI is InChI=1S/C10H22N2O2/c1-10(2,3)14-9(13)12-8-6-4-5-7(8)11/h7-9,12-13H,4-6,11H2,1-3H3/t7-,8+,9?/m1/s1. The average Bonchev–Trinajstić information content (AvgIpc) is 2.32. The maximum Gasteiger partial charge on any atom is 0.214 e. The van der Waals surface area contributed by atoms with Crippen molar-refractivity contribution in [2.75, 3.05) is 0 Å². The van der Waals surface area contributed by atoms with Crippen LogP contribution in [-0.4, -0.2) is 29.2 Å². The molecule has 1 aliphatic carbocycles. The van der Waals surface area contributed by atoms with E-state index in [1.807, 2.05) is 20.8 Å². The van der Waals surface area contributed by atoms with Crippen LogP contribution in [0.15, 0.2) is 0 Å². The summed E-state index contributed by atoms with van der Waals surface area (Å²) in [7, 11) is 0. The average molecular weight is 202 g/mol. The number of nitrogens with two attached hydrogens (primary N) is 1. The van der Waals surface area contributed by atoms with Crippen molar-refractivity contribution in [1.29, 1.82) is 0 Å². The van der Waals surface area contributed by atoms with Gasteiger partial charge in [0.25, 0.3) is 0 Å². The summed E-state index contributed by atoms with van der Waals surface area (Å²) >= 11 is 0. The minimum Gasteiger partial charge on any atom is -0.356 e. The molecule has 0 saturated heterocycles. The maximum atomic E-state index is 9.57. The molecule has 14 heavy (non-hydrogen) atoms. The Bertz CT molecular complexity index is 179. The minimum atomic E-state index is -0.913. The maximum absolute atomic E-state index is 9.57. The number of ether oxygens (including phenoxy) is 1. The van der Waals surface area contributed by atoms with Crippen molar-refractivity contribution >= 4 is 0 Å². The van der Waals surface area contributed by atoms with Gasteiger partial charge >= 0.3 is 0 Å². The van der Waals surface area contributed by atoms with Crippen molar-refractivity contribution < 1.29 is 9.84 Å². The first-order chi connectivity index (χ1) is 6.38. The van der Waals surface area contributed by atoms with Gasteiger partial charge in [0, 0.05) is 12.1 Å². The van der Waals surface area contributed by atoms with Crippen LogP contribution in [0.5, 0.6) is 0 Å². The van der Waals surface area contributed by atoms with E-state index in [1.54, 1.807) is 0 Å². The zero-order valence-corrected chi connectivity index (χ0v) is 9.29. The molecular formula is C10H22N2O2. The molecule has 84 valence electrons. The van der Waals surface area contributed by atoms with Crippen molar-refractivity contribution in [3.63, 3.8) is 0 Å². The second-order valence-electron chi connectivity index (χ2n) is 4.95. The molecule has 0 aromatic rings. The van der Waals surface area contributed by atoms with Gasteiger partial charge in [0.05, 0.1) is 5.60 Å². The molecule has 0 bridgehead atoms. The molecule has 0 aromatic heterocycles. The van der Waals surface area contributed by atoms with Crippen LogP contribution < -0.4 is 11.1 Å². The molecular weight excluding hydrogens is 180 g/mol. The largest absolute Gasteiger partial charge is 0.356 e. The molecule has 0 radical (unpaired) electrons. The third-order valence-electron chi connectivity index (χ3n) is 2.39. The first-order valence-electron chi connectivity index (χ1n) is 5.26. The van der Waals surface area contributed by atoms with Crippen molar-refractivity contribution in [3.05, 3.63) is 0 Å². The van der Waals surface area contributed by atoms with Gasteiger partial charge in [0.2, 0.25) is 6.41 Å². The van der Waals surface area contributed by atoms with E-state index in [0.717, 1.165) is 19.3 Å². The molecule has 1 saturated carbocycles. The highest BCUT2D eigenvalue weighted by Crippen LogP contribution is 2.18. The molecule has 1 aliphatic rings. The highest BCUT2D eigenvalue weighted by atomic mass is 16.6. The van der Waals surface area contributed by atoms with Crippen LogP contribution in [0.4, 0.5) is 0 Å². The summed E-state index contributed by atoms with van der Waals surface area (Å²) in [6.07, 6.45) is 2.26. The van der Waals surface area contributed by atoms with Crippen LogP contribution in [0.2, 0.25) is 0 Å². The van der Waals surface area contributed by atoms with E-state index < -0.39 is 6.41 Å². The van der Waals surface area contributed by atoms with Crippen molar-refractivity contribution in [1.82, 2.24) is 5.32 Å². The van der Waals surface area contributed by atoms with Gasteiger partial charge in [-0.25, -0.2) is 0 Å². The van der Waals surface area contributed by atoms with Gasteiger partial charge in [0.1, 0.15) is 0 Å². The second-order valence-corrected chi connectivity index (χ2v) is 4.95. The number of aliphatic hydroxyl groups excluding tert-OH is 1. The Balaban J connectivity index is 2.29. The van der Waals surface area contributed by atoms with E-state index in [9.17, 15) is 5.11 Å². The predicted octanol–water partition coefficient (Wildman–Crippen LogP) is 0.547. The monoisotopic (exact) mass is 202 g/mol. The Morgan fingerprint density at radius 3 is 2.50 bits per heavy atom. The van der Waals surface area contributed by atoms with Gasteiger partial charge in [0.15, 0.2) is 0 Å². The number of hydrogen-bond acceptors (Lipinski definition) is 4. The molecule has 0 amide bonds. The highest BCUT2D eigenvalue weighted by Gasteiger charge is 2.27. The number of rotatable bonds is 3. The molecule has 4 N–H and O–H groups in total. The summed E-state index contributed by atoms with van der Waals surface area (Å²) < 4.78 is 5.34. The summed E-state index contributed by atoms with van der Waals surface area (Å²) in [4.78, 5) is 0. The summed E-state index contributed by atoms with van der Waals surface area (Å²) in [5.41, 5.74) is 5.52. The molecule has 0 aliphatic heterocycles. The van der Waals surface area contributed by atoms with Gasteiger partial charge < -0.3 is 15.6 Å². The lowest BCUT2D eigenvalue weighted by Crippen LogP contribution is -2.49. The zero-order valence-electron chi connectivity index (χ0n) is 9.29. The molecule has 1 unspecified atom stereocenters. The zero-order chi connectivity index (χ0) is 10.8. The topological polar surface area (TPSA) is 67.5 Å². The lowest BCUT2D eigenvalue weighted by molar-refractivity contribution is -0.185. The SMILES string of the molecule is CC(C)(C)OC(O)N[C@H]1CCC[C@H]1N. The Kier molecular flexibility index (Phi) is 3.89.